The van der Waals surface area contributed by atoms with Crippen molar-refractivity contribution in [2.24, 2.45) is 7.05 Å². The molecule has 3 heterocycles. The maximum atomic E-state index is 12.6. The van der Waals surface area contributed by atoms with Gasteiger partial charge in [-0.3, -0.25) is 4.79 Å². The molecule has 0 saturated heterocycles. The Hall–Kier alpha value is -2.15. The Kier molecular flexibility index (Phi) is 3.50. The van der Waals surface area contributed by atoms with E-state index in [4.69, 9.17) is 4.74 Å². The number of imidazole rings is 1. The number of hydrogen-bond acceptors (Lipinski definition) is 5. The number of nitrogens with zero attached hydrogens (tertiary/aromatic N) is 3. The molecule has 3 rings (SSSR count). The van der Waals surface area contributed by atoms with E-state index in [-0.39, 0.29) is 5.91 Å². The minimum absolute atomic E-state index is 0.146. The summed E-state index contributed by atoms with van der Waals surface area (Å²) >= 11 is 1.37. The molecule has 0 radical (unpaired) electrons. The predicted molar refractivity (Wildman–Crippen MR) is 76.9 cm³/mol. The van der Waals surface area contributed by atoms with Crippen LogP contribution in [0.1, 0.15) is 21.1 Å². The zero-order valence-corrected chi connectivity index (χ0v) is 12.6. The molecule has 1 aliphatic rings. The Labute approximate surface area is 126 Å². The van der Waals surface area contributed by atoms with E-state index in [0.717, 1.165) is 11.4 Å². The lowest BCUT2D eigenvalue weighted by atomic mass is 10.0. The van der Waals surface area contributed by atoms with Crippen LogP contribution in [0.2, 0.25) is 0 Å². The Balaban J connectivity index is 1.97. The summed E-state index contributed by atoms with van der Waals surface area (Å²) in [5, 5.41) is 1.85. The summed E-state index contributed by atoms with van der Waals surface area (Å²) in [7, 11) is 3.22. The molecule has 1 aliphatic heterocycles. The van der Waals surface area contributed by atoms with Crippen LogP contribution in [-0.4, -0.2) is 39.5 Å². The molecule has 0 bridgehead atoms. The predicted octanol–water partition coefficient (Wildman–Crippen LogP) is 1.22. The maximum Gasteiger partial charge on any atom is 0.329 e. The molecule has 1 amide bonds. The molecule has 0 unspecified atom stereocenters. The number of rotatable bonds is 2. The number of amides is 1. The average Bonchev–Trinajstić information content (AvgIpc) is 3.15. The van der Waals surface area contributed by atoms with Gasteiger partial charge in [-0.2, -0.15) is 0 Å². The highest BCUT2D eigenvalue weighted by molar-refractivity contribution is 7.12. The van der Waals surface area contributed by atoms with Gasteiger partial charge in [-0.05, 0) is 11.4 Å². The van der Waals surface area contributed by atoms with Crippen LogP contribution < -0.4 is 0 Å². The van der Waals surface area contributed by atoms with Crippen LogP contribution in [0.25, 0.3) is 0 Å². The van der Waals surface area contributed by atoms with Crippen molar-refractivity contribution in [3.63, 3.8) is 0 Å². The van der Waals surface area contributed by atoms with E-state index in [1.54, 1.807) is 17.3 Å². The van der Waals surface area contributed by atoms with E-state index in [0.29, 0.717) is 17.8 Å². The number of thiophene rings is 1. The molecule has 0 saturated carbocycles. The van der Waals surface area contributed by atoms with Gasteiger partial charge in [-0.1, -0.05) is 6.07 Å². The van der Waals surface area contributed by atoms with Crippen molar-refractivity contribution in [2.75, 3.05) is 7.11 Å². The number of fused-ring (bicyclic) bond motifs is 1. The first-order valence-electron chi connectivity index (χ1n) is 6.53. The van der Waals surface area contributed by atoms with Gasteiger partial charge < -0.3 is 14.2 Å². The van der Waals surface area contributed by atoms with E-state index in [2.05, 4.69) is 4.98 Å². The lowest BCUT2D eigenvalue weighted by molar-refractivity contribution is -0.146. The summed E-state index contributed by atoms with van der Waals surface area (Å²) in [6.45, 7) is 0.363. The monoisotopic (exact) mass is 305 g/mol. The van der Waals surface area contributed by atoms with Crippen molar-refractivity contribution < 1.29 is 14.3 Å². The second-order valence-corrected chi connectivity index (χ2v) is 5.85. The minimum atomic E-state index is -0.619. The quantitative estimate of drug-likeness (QED) is 0.783. The molecule has 0 spiro atoms. The summed E-state index contributed by atoms with van der Waals surface area (Å²) in [5.41, 5.74) is 1.81. The molecule has 2 aromatic rings. The van der Waals surface area contributed by atoms with Crippen molar-refractivity contribution >= 4 is 23.2 Å². The van der Waals surface area contributed by atoms with Crippen molar-refractivity contribution in [1.29, 1.82) is 0 Å². The fraction of sp³-hybridized carbons (Fsp3) is 0.357. The van der Waals surface area contributed by atoms with Crippen molar-refractivity contribution in [2.45, 2.75) is 19.0 Å². The highest BCUT2D eigenvalue weighted by Crippen LogP contribution is 2.25. The number of methoxy groups -OCH3 is 1. The van der Waals surface area contributed by atoms with Gasteiger partial charge in [0.05, 0.1) is 36.2 Å². The topological polar surface area (TPSA) is 64.4 Å². The van der Waals surface area contributed by atoms with Crippen LogP contribution in [0.4, 0.5) is 0 Å². The number of carbonyl (C=O) groups excluding carboxylic acids is 2. The molecule has 2 aromatic heterocycles. The van der Waals surface area contributed by atoms with E-state index in [1.807, 2.05) is 23.1 Å². The minimum Gasteiger partial charge on any atom is -0.467 e. The third kappa shape index (κ3) is 2.33. The van der Waals surface area contributed by atoms with Crippen LogP contribution >= 0.6 is 11.3 Å². The number of hydrogen-bond donors (Lipinski definition) is 0. The van der Waals surface area contributed by atoms with Gasteiger partial charge in [0.15, 0.2) is 0 Å². The van der Waals surface area contributed by atoms with E-state index >= 15 is 0 Å². The normalized spacial score (nSPS) is 17.4. The molecule has 0 aromatic carbocycles. The van der Waals surface area contributed by atoms with Crippen LogP contribution in [0.5, 0.6) is 0 Å². The highest BCUT2D eigenvalue weighted by Gasteiger charge is 2.37. The van der Waals surface area contributed by atoms with E-state index in [1.165, 1.54) is 18.4 Å². The maximum absolute atomic E-state index is 12.6. The summed E-state index contributed by atoms with van der Waals surface area (Å²) in [6.07, 6.45) is 2.10. The molecule has 6 nitrogen and oxygen atoms in total. The fourth-order valence-electron chi connectivity index (χ4n) is 2.54. The first-order chi connectivity index (χ1) is 10.1. The molecule has 0 fully saturated rings. The third-order valence-electron chi connectivity index (χ3n) is 3.69. The fourth-order valence-corrected chi connectivity index (χ4v) is 3.22. The second-order valence-electron chi connectivity index (χ2n) is 4.90. The van der Waals surface area contributed by atoms with Gasteiger partial charge >= 0.3 is 5.97 Å². The van der Waals surface area contributed by atoms with Crippen LogP contribution in [0, 0.1) is 0 Å². The smallest absolute Gasteiger partial charge is 0.329 e. The molecule has 0 N–H and O–H groups in total. The van der Waals surface area contributed by atoms with Gasteiger partial charge in [-0.25, -0.2) is 9.78 Å². The Morgan fingerprint density at radius 2 is 2.29 bits per heavy atom. The Morgan fingerprint density at radius 1 is 1.48 bits per heavy atom. The van der Waals surface area contributed by atoms with Crippen molar-refractivity contribution in [3.8, 4) is 0 Å². The molecular weight excluding hydrogens is 290 g/mol. The average molecular weight is 305 g/mol. The molecule has 21 heavy (non-hydrogen) atoms. The third-order valence-corrected chi connectivity index (χ3v) is 4.55. The standard InChI is InChI=1S/C14H15N3O3S/c1-16-8-15-9-6-10(14(19)20-2)17(7-11(9)16)13(18)12-4-3-5-21-12/h3-5,8,10H,6-7H2,1-2H3/t10-/m0/s1. The number of carbonyl (C=O) groups is 2. The summed E-state index contributed by atoms with van der Waals surface area (Å²) < 4.78 is 6.73. The Morgan fingerprint density at radius 3 is 2.95 bits per heavy atom. The van der Waals surface area contributed by atoms with Gasteiger partial charge in [-0.15, -0.1) is 11.3 Å². The van der Waals surface area contributed by atoms with Gasteiger partial charge in [0.25, 0.3) is 5.91 Å². The molecular formula is C14H15N3O3S. The van der Waals surface area contributed by atoms with Gasteiger partial charge in [0.1, 0.15) is 6.04 Å². The summed E-state index contributed by atoms with van der Waals surface area (Å²) in [6, 6.07) is 2.97. The summed E-state index contributed by atoms with van der Waals surface area (Å²) in [5.74, 6) is -0.552. The van der Waals surface area contributed by atoms with Gasteiger partial charge in [0.2, 0.25) is 0 Å². The van der Waals surface area contributed by atoms with Crippen LogP contribution in [0.15, 0.2) is 23.8 Å². The first kappa shape index (κ1) is 13.8. The van der Waals surface area contributed by atoms with Crippen LogP contribution in [0.3, 0.4) is 0 Å². The van der Waals surface area contributed by atoms with E-state index < -0.39 is 12.0 Å². The zero-order chi connectivity index (χ0) is 15.0. The Bertz CT molecular complexity index is 678. The number of aromatic nitrogens is 2. The molecule has 0 aliphatic carbocycles. The van der Waals surface area contributed by atoms with Crippen molar-refractivity contribution in [3.05, 3.63) is 40.1 Å². The summed E-state index contributed by atoms with van der Waals surface area (Å²) in [4.78, 5) is 31.1. The molecule has 7 heteroatoms. The number of aryl methyl sites for hydroxylation is 1. The van der Waals surface area contributed by atoms with Crippen LogP contribution in [-0.2, 0) is 29.5 Å². The first-order valence-corrected chi connectivity index (χ1v) is 7.41. The second kappa shape index (κ2) is 5.33. The SMILES string of the molecule is COC(=O)[C@@H]1Cc2ncn(C)c2CN1C(=O)c1cccs1. The molecule has 110 valence electrons. The lowest BCUT2D eigenvalue weighted by Gasteiger charge is -2.33. The largest absolute Gasteiger partial charge is 0.467 e. The number of ether oxygens (including phenoxy) is 1. The lowest BCUT2D eigenvalue weighted by Crippen LogP contribution is -2.49. The highest BCUT2D eigenvalue weighted by atomic mass is 32.1. The van der Waals surface area contributed by atoms with Crippen molar-refractivity contribution in [1.82, 2.24) is 14.5 Å². The van der Waals surface area contributed by atoms with E-state index in [9.17, 15) is 9.59 Å². The zero-order valence-electron chi connectivity index (χ0n) is 11.8. The molecule has 1 atom stereocenters. The number of esters is 1. The van der Waals surface area contributed by atoms with Gasteiger partial charge in [0, 0.05) is 13.5 Å².